The monoisotopic (exact) mass is 440 g/mol. The zero-order valence-electron chi connectivity index (χ0n) is 17.2. The molecule has 0 bridgehead atoms. The first-order valence-corrected chi connectivity index (χ1v) is 10.3. The Morgan fingerprint density at radius 2 is 1.66 bits per heavy atom. The zero-order valence-corrected chi connectivity index (χ0v) is 17.2. The number of rotatable bonds is 7. The molecule has 3 unspecified atom stereocenters. The lowest BCUT2D eigenvalue weighted by Gasteiger charge is -2.21. The van der Waals surface area contributed by atoms with Gasteiger partial charge in [0.15, 0.2) is 0 Å². The highest BCUT2D eigenvalue weighted by Gasteiger charge is 2.37. The minimum Gasteiger partial charge on any atom is -0.480 e. The molecular weight excluding hydrogens is 416 g/mol. The number of aliphatic carboxylic acids is 1. The summed E-state index contributed by atoms with van der Waals surface area (Å²) in [6.07, 6.45) is -0.683. The van der Waals surface area contributed by atoms with Crippen molar-refractivity contribution in [1.82, 2.24) is 10.6 Å². The molecule has 168 valence electrons. The lowest BCUT2D eigenvalue weighted by atomic mass is 9.98. The number of alkyl carbamates (subject to hydrolysis) is 1. The molecule has 0 radical (unpaired) electrons. The molecule has 1 saturated heterocycles. The Balaban J connectivity index is 1.37. The third-order valence-electron chi connectivity index (χ3n) is 5.86. The summed E-state index contributed by atoms with van der Waals surface area (Å²) in [7, 11) is 0. The molecule has 2 amide bonds. The summed E-state index contributed by atoms with van der Waals surface area (Å²) in [5.74, 6) is -2.84. The quantitative estimate of drug-likeness (QED) is 0.507. The van der Waals surface area contributed by atoms with Crippen molar-refractivity contribution >= 4 is 18.0 Å². The highest BCUT2D eigenvalue weighted by atomic mass is 16.5. The van der Waals surface area contributed by atoms with Crippen molar-refractivity contribution in [3.05, 3.63) is 59.7 Å². The SMILES string of the molecule is O=C(NC1COCC1C(=O)NC(CO)C(=O)O)OCC1c2ccccc2-c2ccccc21. The van der Waals surface area contributed by atoms with Gasteiger partial charge in [0.1, 0.15) is 12.6 Å². The Hall–Kier alpha value is -3.43. The fourth-order valence-corrected chi connectivity index (χ4v) is 4.21. The molecule has 0 spiro atoms. The summed E-state index contributed by atoms with van der Waals surface area (Å²) in [5, 5.41) is 23.0. The van der Waals surface area contributed by atoms with Gasteiger partial charge in [0, 0.05) is 5.92 Å². The van der Waals surface area contributed by atoms with E-state index in [4.69, 9.17) is 19.7 Å². The van der Waals surface area contributed by atoms with Crippen molar-refractivity contribution in [1.29, 1.82) is 0 Å². The Morgan fingerprint density at radius 1 is 1.03 bits per heavy atom. The highest BCUT2D eigenvalue weighted by molar-refractivity contribution is 5.86. The van der Waals surface area contributed by atoms with E-state index in [2.05, 4.69) is 10.6 Å². The molecule has 4 N–H and O–H groups in total. The number of carboxylic acid groups (broad SMARTS) is 1. The Morgan fingerprint density at radius 3 is 2.25 bits per heavy atom. The number of amides is 2. The van der Waals surface area contributed by atoms with E-state index < -0.39 is 42.6 Å². The van der Waals surface area contributed by atoms with Crippen molar-refractivity contribution < 1.29 is 34.1 Å². The van der Waals surface area contributed by atoms with Gasteiger partial charge in [0.25, 0.3) is 0 Å². The number of carbonyl (C=O) groups excluding carboxylic acids is 2. The summed E-state index contributed by atoms with van der Waals surface area (Å²) in [6.45, 7) is -0.480. The third-order valence-corrected chi connectivity index (χ3v) is 5.86. The molecule has 1 heterocycles. The maximum atomic E-state index is 12.5. The summed E-state index contributed by atoms with van der Waals surface area (Å²) >= 11 is 0. The van der Waals surface area contributed by atoms with Gasteiger partial charge in [-0.2, -0.15) is 0 Å². The van der Waals surface area contributed by atoms with Crippen LogP contribution in [-0.2, 0) is 19.1 Å². The number of nitrogens with one attached hydrogen (secondary N) is 2. The van der Waals surface area contributed by atoms with E-state index in [0.717, 1.165) is 22.3 Å². The average molecular weight is 440 g/mol. The van der Waals surface area contributed by atoms with Crippen molar-refractivity contribution in [2.24, 2.45) is 5.92 Å². The van der Waals surface area contributed by atoms with Gasteiger partial charge >= 0.3 is 12.1 Å². The number of benzene rings is 2. The number of aliphatic hydroxyl groups is 1. The van der Waals surface area contributed by atoms with Crippen molar-refractivity contribution in [2.75, 3.05) is 26.4 Å². The topological polar surface area (TPSA) is 134 Å². The predicted molar refractivity (Wildman–Crippen MR) is 113 cm³/mol. The van der Waals surface area contributed by atoms with Gasteiger partial charge in [-0.25, -0.2) is 9.59 Å². The fourth-order valence-electron chi connectivity index (χ4n) is 4.21. The van der Waals surface area contributed by atoms with Crippen LogP contribution in [0, 0.1) is 5.92 Å². The molecule has 2 aliphatic rings. The molecule has 4 rings (SSSR count). The first kappa shape index (κ1) is 21.8. The number of fused-ring (bicyclic) bond motifs is 3. The molecule has 0 saturated carbocycles. The fraction of sp³-hybridized carbons (Fsp3) is 0.348. The molecule has 1 aliphatic carbocycles. The van der Waals surface area contributed by atoms with Crippen LogP contribution in [-0.4, -0.2) is 66.7 Å². The highest BCUT2D eigenvalue weighted by Crippen LogP contribution is 2.44. The molecule has 32 heavy (non-hydrogen) atoms. The lowest BCUT2D eigenvalue weighted by molar-refractivity contribution is -0.143. The van der Waals surface area contributed by atoms with Crippen LogP contribution in [0.25, 0.3) is 11.1 Å². The maximum absolute atomic E-state index is 12.5. The number of hydrogen-bond donors (Lipinski definition) is 4. The molecule has 2 aromatic carbocycles. The second-order valence-electron chi connectivity index (χ2n) is 7.80. The summed E-state index contributed by atoms with van der Waals surface area (Å²) < 4.78 is 10.8. The zero-order chi connectivity index (χ0) is 22.7. The maximum Gasteiger partial charge on any atom is 0.407 e. The molecule has 2 aromatic rings. The molecular formula is C23H24N2O7. The minimum absolute atomic E-state index is 0.0257. The molecule has 3 atom stereocenters. The second-order valence-corrected chi connectivity index (χ2v) is 7.80. The first-order valence-electron chi connectivity index (χ1n) is 10.3. The van der Waals surface area contributed by atoms with E-state index in [-0.39, 0.29) is 25.7 Å². The van der Waals surface area contributed by atoms with E-state index in [1.54, 1.807) is 0 Å². The standard InChI is InChI=1S/C23H24N2O7/c26-9-19(22(28)29)24-21(27)18-10-31-12-20(18)25-23(30)32-11-17-15-7-3-1-5-13(15)14-6-2-4-8-16(14)17/h1-8,17-20,26H,9-12H2,(H,24,27)(H,25,30)(H,28,29). The Labute approximate surface area is 184 Å². The van der Waals surface area contributed by atoms with Gasteiger partial charge in [-0.05, 0) is 22.3 Å². The van der Waals surface area contributed by atoms with E-state index >= 15 is 0 Å². The predicted octanol–water partition coefficient (Wildman–Crippen LogP) is 1.10. The van der Waals surface area contributed by atoms with Crippen molar-refractivity contribution in [3.8, 4) is 11.1 Å². The molecule has 1 aliphatic heterocycles. The molecule has 1 fully saturated rings. The summed E-state index contributed by atoms with van der Waals surface area (Å²) in [6, 6.07) is 13.9. The Kier molecular flexibility index (Phi) is 6.38. The summed E-state index contributed by atoms with van der Waals surface area (Å²) in [5.41, 5.74) is 4.42. The Bertz CT molecular complexity index is 979. The van der Waals surface area contributed by atoms with E-state index in [1.807, 2.05) is 48.5 Å². The normalized spacial score (nSPS) is 20.2. The summed E-state index contributed by atoms with van der Waals surface area (Å²) in [4.78, 5) is 35.9. The van der Waals surface area contributed by atoms with Crippen LogP contribution >= 0.6 is 0 Å². The first-order chi connectivity index (χ1) is 15.5. The number of carboxylic acids is 1. The number of hydrogen-bond acceptors (Lipinski definition) is 6. The largest absolute Gasteiger partial charge is 0.480 e. The van der Waals surface area contributed by atoms with Crippen LogP contribution in [0.2, 0.25) is 0 Å². The van der Waals surface area contributed by atoms with Crippen LogP contribution in [0.1, 0.15) is 17.0 Å². The number of ether oxygens (including phenoxy) is 2. The molecule has 0 aromatic heterocycles. The van der Waals surface area contributed by atoms with Gasteiger partial charge in [-0.3, -0.25) is 4.79 Å². The van der Waals surface area contributed by atoms with Crippen LogP contribution in [0.3, 0.4) is 0 Å². The van der Waals surface area contributed by atoms with Crippen LogP contribution in [0.5, 0.6) is 0 Å². The number of carbonyl (C=O) groups is 3. The van der Waals surface area contributed by atoms with Crippen LogP contribution in [0.4, 0.5) is 4.79 Å². The van der Waals surface area contributed by atoms with Gasteiger partial charge in [-0.15, -0.1) is 0 Å². The smallest absolute Gasteiger partial charge is 0.407 e. The minimum atomic E-state index is -1.42. The van der Waals surface area contributed by atoms with E-state index in [9.17, 15) is 14.4 Å². The number of aliphatic hydroxyl groups excluding tert-OH is 1. The van der Waals surface area contributed by atoms with Crippen molar-refractivity contribution in [2.45, 2.75) is 18.0 Å². The lowest BCUT2D eigenvalue weighted by Crippen LogP contribution is -2.51. The third kappa shape index (κ3) is 4.30. The van der Waals surface area contributed by atoms with Gasteiger partial charge in [0.05, 0.1) is 31.8 Å². The van der Waals surface area contributed by atoms with E-state index in [1.165, 1.54) is 0 Å². The van der Waals surface area contributed by atoms with Gasteiger partial charge in [0.2, 0.25) is 5.91 Å². The molecule has 9 nitrogen and oxygen atoms in total. The van der Waals surface area contributed by atoms with Gasteiger partial charge < -0.3 is 30.3 Å². The molecule has 9 heteroatoms. The van der Waals surface area contributed by atoms with Gasteiger partial charge in [-0.1, -0.05) is 48.5 Å². The average Bonchev–Trinajstić information content (AvgIpc) is 3.38. The van der Waals surface area contributed by atoms with Crippen LogP contribution < -0.4 is 10.6 Å². The van der Waals surface area contributed by atoms with Crippen molar-refractivity contribution in [3.63, 3.8) is 0 Å². The van der Waals surface area contributed by atoms with E-state index in [0.29, 0.717) is 0 Å². The van der Waals surface area contributed by atoms with Crippen LogP contribution in [0.15, 0.2) is 48.5 Å². The second kappa shape index (κ2) is 9.37.